The lowest BCUT2D eigenvalue weighted by atomic mass is 10.1. The molecule has 1 N–H and O–H groups in total. The van der Waals surface area contributed by atoms with Gasteiger partial charge in [-0.2, -0.15) is 9.57 Å². The zero-order chi connectivity index (χ0) is 18.3. The molecular weight excluding hydrogens is 334 g/mol. The average Bonchev–Trinajstić information content (AvgIpc) is 2.63. The quantitative estimate of drug-likeness (QED) is 0.788. The van der Waals surface area contributed by atoms with Crippen molar-refractivity contribution in [3.05, 3.63) is 65.2 Å². The van der Waals surface area contributed by atoms with Gasteiger partial charge in [-0.3, -0.25) is 0 Å². The minimum Gasteiger partial charge on any atom is -0.309 e. The first-order chi connectivity index (χ1) is 12.0. The third-order valence-corrected chi connectivity index (χ3v) is 6.04. The van der Waals surface area contributed by atoms with Crippen LogP contribution in [0.4, 0.5) is 0 Å². The lowest BCUT2D eigenvalue weighted by molar-refractivity contribution is 0.445. The second-order valence-electron chi connectivity index (χ2n) is 5.65. The van der Waals surface area contributed by atoms with E-state index in [0.29, 0.717) is 36.6 Å². The zero-order valence-electron chi connectivity index (χ0n) is 14.6. The number of hydrogen-bond acceptors (Lipinski definition) is 4. The summed E-state index contributed by atoms with van der Waals surface area (Å²) in [7, 11) is -3.41. The summed E-state index contributed by atoms with van der Waals surface area (Å²) in [5.74, 6) is 0. The SMILES string of the molecule is CCN(CC)S(=O)(=O)c1ccc(CNCc2cccc(C#N)c2)cc1. The molecule has 0 spiro atoms. The Morgan fingerprint density at radius 2 is 1.64 bits per heavy atom. The maximum atomic E-state index is 12.4. The molecule has 0 aliphatic rings. The third kappa shape index (κ3) is 4.89. The summed E-state index contributed by atoms with van der Waals surface area (Å²) in [4.78, 5) is 0.321. The molecule has 6 heteroatoms. The van der Waals surface area contributed by atoms with Crippen molar-refractivity contribution in [1.29, 1.82) is 5.26 Å². The van der Waals surface area contributed by atoms with Gasteiger partial charge in [0, 0.05) is 26.2 Å². The predicted molar refractivity (Wildman–Crippen MR) is 98.2 cm³/mol. The highest BCUT2D eigenvalue weighted by Crippen LogP contribution is 2.16. The molecule has 0 aliphatic heterocycles. The molecule has 132 valence electrons. The normalized spacial score (nSPS) is 11.4. The van der Waals surface area contributed by atoms with Gasteiger partial charge in [-0.05, 0) is 35.4 Å². The summed E-state index contributed by atoms with van der Waals surface area (Å²) in [5.41, 5.74) is 2.69. The molecule has 5 nitrogen and oxygen atoms in total. The second kappa shape index (κ2) is 8.77. The number of nitriles is 1. The van der Waals surface area contributed by atoms with Crippen LogP contribution in [0, 0.1) is 11.3 Å². The lowest BCUT2D eigenvalue weighted by Gasteiger charge is -2.18. The smallest absolute Gasteiger partial charge is 0.243 e. The van der Waals surface area contributed by atoms with Gasteiger partial charge in [-0.15, -0.1) is 0 Å². The first kappa shape index (κ1) is 19.1. The van der Waals surface area contributed by atoms with Crippen molar-refractivity contribution in [3.63, 3.8) is 0 Å². The van der Waals surface area contributed by atoms with Crippen molar-refractivity contribution in [3.8, 4) is 6.07 Å². The summed E-state index contributed by atoms with van der Waals surface area (Å²) in [6.07, 6.45) is 0. The fraction of sp³-hybridized carbons (Fsp3) is 0.316. The van der Waals surface area contributed by atoms with Gasteiger partial charge in [0.05, 0.1) is 16.5 Å². The fourth-order valence-corrected chi connectivity index (χ4v) is 4.05. The zero-order valence-corrected chi connectivity index (χ0v) is 15.4. The lowest BCUT2D eigenvalue weighted by Crippen LogP contribution is -2.30. The Kier molecular flexibility index (Phi) is 6.71. The predicted octanol–water partition coefficient (Wildman–Crippen LogP) is 2.88. The Morgan fingerprint density at radius 3 is 2.24 bits per heavy atom. The number of rotatable bonds is 8. The van der Waals surface area contributed by atoms with E-state index in [1.807, 2.05) is 44.2 Å². The molecular formula is C19H23N3O2S. The maximum Gasteiger partial charge on any atom is 0.243 e. The van der Waals surface area contributed by atoms with E-state index in [1.165, 1.54) is 4.31 Å². The van der Waals surface area contributed by atoms with E-state index in [0.717, 1.165) is 11.1 Å². The summed E-state index contributed by atoms with van der Waals surface area (Å²) in [6.45, 7) is 5.87. The highest BCUT2D eigenvalue weighted by molar-refractivity contribution is 7.89. The van der Waals surface area contributed by atoms with E-state index in [4.69, 9.17) is 5.26 Å². The van der Waals surface area contributed by atoms with E-state index in [1.54, 1.807) is 18.2 Å². The third-order valence-electron chi connectivity index (χ3n) is 3.98. The number of hydrogen-bond donors (Lipinski definition) is 1. The van der Waals surface area contributed by atoms with Crippen LogP contribution in [-0.2, 0) is 23.1 Å². The van der Waals surface area contributed by atoms with Gasteiger partial charge in [0.1, 0.15) is 0 Å². The summed E-state index contributed by atoms with van der Waals surface area (Å²) < 4.78 is 26.3. The molecule has 0 unspecified atom stereocenters. The van der Waals surface area contributed by atoms with Crippen molar-refractivity contribution in [2.24, 2.45) is 0 Å². The van der Waals surface area contributed by atoms with Crippen LogP contribution in [0.5, 0.6) is 0 Å². The van der Waals surface area contributed by atoms with Crippen LogP contribution in [0.1, 0.15) is 30.5 Å². The molecule has 2 rings (SSSR count). The number of benzene rings is 2. The summed E-state index contributed by atoms with van der Waals surface area (Å²) >= 11 is 0. The first-order valence-electron chi connectivity index (χ1n) is 8.30. The van der Waals surface area contributed by atoms with Gasteiger partial charge in [0.15, 0.2) is 0 Å². The Hall–Kier alpha value is -2.20. The van der Waals surface area contributed by atoms with Crippen LogP contribution in [0.25, 0.3) is 0 Å². The summed E-state index contributed by atoms with van der Waals surface area (Å²) in [5, 5.41) is 12.2. The van der Waals surface area contributed by atoms with E-state index < -0.39 is 10.0 Å². The molecule has 25 heavy (non-hydrogen) atoms. The van der Waals surface area contributed by atoms with Gasteiger partial charge in [0.25, 0.3) is 0 Å². The topological polar surface area (TPSA) is 73.2 Å². The van der Waals surface area contributed by atoms with Crippen LogP contribution in [0.2, 0.25) is 0 Å². The standard InChI is InChI=1S/C19H23N3O2S/c1-3-22(4-2)25(23,24)19-10-8-16(9-11-19)14-21-15-18-7-5-6-17(12-18)13-20/h5-12,21H,3-4,14-15H2,1-2H3. The highest BCUT2D eigenvalue weighted by Gasteiger charge is 2.20. The Labute approximate surface area is 150 Å². The number of sulfonamides is 1. The van der Waals surface area contributed by atoms with Crippen molar-refractivity contribution in [1.82, 2.24) is 9.62 Å². The molecule has 0 heterocycles. The van der Waals surface area contributed by atoms with Gasteiger partial charge >= 0.3 is 0 Å². The van der Waals surface area contributed by atoms with Crippen molar-refractivity contribution >= 4 is 10.0 Å². The van der Waals surface area contributed by atoms with Crippen molar-refractivity contribution in [2.45, 2.75) is 31.8 Å². The van der Waals surface area contributed by atoms with Crippen LogP contribution in [0.15, 0.2) is 53.4 Å². The molecule has 0 aliphatic carbocycles. The van der Waals surface area contributed by atoms with Crippen LogP contribution in [0.3, 0.4) is 0 Å². The molecule has 0 saturated carbocycles. The first-order valence-corrected chi connectivity index (χ1v) is 9.74. The number of nitrogens with one attached hydrogen (secondary N) is 1. The summed E-state index contributed by atoms with van der Waals surface area (Å²) in [6, 6.07) is 16.5. The molecule has 0 aromatic heterocycles. The minimum absolute atomic E-state index is 0.321. The van der Waals surface area contributed by atoms with Crippen LogP contribution >= 0.6 is 0 Å². The second-order valence-corrected chi connectivity index (χ2v) is 7.59. The van der Waals surface area contributed by atoms with Gasteiger partial charge < -0.3 is 5.32 Å². The Morgan fingerprint density at radius 1 is 1.00 bits per heavy atom. The Bertz CT molecular complexity index is 836. The monoisotopic (exact) mass is 357 g/mol. The van der Waals surface area contributed by atoms with E-state index in [-0.39, 0.29) is 0 Å². The molecule has 0 saturated heterocycles. The molecule has 2 aromatic carbocycles. The Balaban J connectivity index is 1.97. The largest absolute Gasteiger partial charge is 0.309 e. The van der Waals surface area contributed by atoms with Gasteiger partial charge in [0.2, 0.25) is 10.0 Å². The molecule has 0 amide bonds. The minimum atomic E-state index is -3.41. The van der Waals surface area contributed by atoms with Gasteiger partial charge in [-0.25, -0.2) is 8.42 Å². The maximum absolute atomic E-state index is 12.4. The fourth-order valence-electron chi connectivity index (χ4n) is 2.59. The van der Waals surface area contributed by atoms with E-state index in [9.17, 15) is 8.42 Å². The molecule has 0 radical (unpaired) electrons. The molecule has 0 fully saturated rings. The van der Waals surface area contributed by atoms with Crippen molar-refractivity contribution < 1.29 is 8.42 Å². The average molecular weight is 357 g/mol. The van der Waals surface area contributed by atoms with Crippen LogP contribution < -0.4 is 5.32 Å². The van der Waals surface area contributed by atoms with Crippen LogP contribution in [-0.4, -0.2) is 25.8 Å². The van der Waals surface area contributed by atoms with Crippen molar-refractivity contribution in [2.75, 3.05) is 13.1 Å². The number of nitrogens with zero attached hydrogens (tertiary/aromatic N) is 2. The van der Waals surface area contributed by atoms with E-state index >= 15 is 0 Å². The molecule has 0 bridgehead atoms. The molecule has 2 aromatic rings. The van der Waals surface area contributed by atoms with Gasteiger partial charge in [-0.1, -0.05) is 38.1 Å². The molecule has 0 atom stereocenters. The van der Waals surface area contributed by atoms with E-state index in [2.05, 4.69) is 11.4 Å². The highest BCUT2D eigenvalue weighted by atomic mass is 32.2.